The van der Waals surface area contributed by atoms with Crippen molar-refractivity contribution in [3.05, 3.63) is 35.1 Å². The first-order valence-corrected chi connectivity index (χ1v) is 3.07. The Morgan fingerprint density at radius 3 is 2.91 bits per heavy atom. The first-order chi connectivity index (χ1) is 5.36. The lowest BCUT2D eigenvalue weighted by Crippen LogP contribution is -1.85. The van der Waals surface area contributed by atoms with Crippen molar-refractivity contribution in [2.75, 3.05) is 0 Å². The van der Waals surface area contributed by atoms with Gasteiger partial charge in [-0.25, -0.2) is 9.95 Å². The SMILES string of the molecule is O=c1cc(-c2ccoc2)[nH]o1. The van der Waals surface area contributed by atoms with Crippen LogP contribution in [0, 0.1) is 0 Å². The molecule has 2 aromatic rings. The average molecular weight is 151 g/mol. The Hall–Kier alpha value is -1.71. The molecule has 0 saturated carbocycles. The van der Waals surface area contributed by atoms with E-state index in [4.69, 9.17) is 4.42 Å². The van der Waals surface area contributed by atoms with Crippen molar-refractivity contribution in [1.82, 2.24) is 5.16 Å². The summed E-state index contributed by atoms with van der Waals surface area (Å²) in [5.74, 6) is 0. The van der Waals surface area contributed by atoms with Crippen molar-refractivity contribution >= 4 is 0 Å². The van der Waals surface area contributed by atoms with Gasteiger partial charge in [0, 0.05) is 5.56 Å². The lowest BCUT2D eigenvalue weighted by atomic mass is 10.2. The molecule has 0 saturated heterocycles. The zero-order chi connectivity index (χ0) is 7.68. The lowest BCUT2D eigenvalue weighted by Gasteiger charge is -1.82. The minimum Gasteiger partial charge on any atom is -0.472 e. The first-order valence-electron chi connectivity index (χ1n) is 3.07. The van der Waals surface area contributed by atoms with Crippen molar-refractivity contribution in [3.8, 4) is 11.3 Å². The molecule has 0 atom stereocenters. The third-order valence-corrected chi connectivity index (χ3v) is 1.36. The average Bonchev–Trinajstić information content (AvgIpc) is 2.55. The maximum Gasteiger partial charge on any atom is 0.357 e. The number of aromatic amines is 1. The van der Waals surface area contributed by atoms with Crippen LogP contribution in [0.25, 0.3) is 11.3 Å². The molecule has 56 valence electrons. The van der Waals surface area contributed by atoms with Crippen LogP contribution in [-0.2, 0) is 0 Å². The Bertz CT molecular complexity index is 382. The van der Waals surface area contributed by atoms with Crippen molar-refractivity contribution in [2.45, 2.75) is 0 Å². The number of hydrogen-bond donors (Lipinski definition) is 1. The molecule has 0 unspecified atom stereocenters. The second-order valence-corrected chi connectivity index (χ2v) is 2.09. The van der Waals surface area contributed by atoms with Gasteiger partial charge in [0.05, 0.1) is 24.3 Å². The highest BCUT2D eigenvalue weighted by Gasteiger charge is 2.01. The normalized spacial score (nSPS) is 10.2. The monoisotopic (exact) mass is 151 g/mol. The van der Waals surface area contributed by atoms with Gasteiger partial charge >= 0.3 is 5.63 Å². The fourth-order valence-corrected chi connectivity index (χ4v) is 0.842. The molecule has 1 N–H and O–H groups in total. The van der Waals surface area contributed by atoms with Gasteiger partial charge in [0.15, 0.2) is 0 Å². The van der Waals surface area contributed by atoms with Crippen molar-refractivity contribution in [1.29, 1.82) is 0 Å². The summed E-state index contributed by atoms with van der Waals surface area (Å²) in [7, 11) is 0. The van der Waals surface area contributed by atoms with Crippen LogP contribution < -0.4 is 5.63 Å². The molecule has 0 aliphatic heterocycles. The highest BCUT2D eigenvalue weighted by atomic mass is 16.5. The largest absolute Gasteiger partial charge is 0.472 e. The van der Waals surface area contributed by atoms with Crippen LogP contribution in [-0.4, -0.2) is 5.16 Å². The Morgan fingerprint density at radius 2 is 2.36 bits per heavy atom. The van der Waals surface area contributed by atoms with E-state index < -0.39 is 0 Å². The molecule has 2 heterocycles. The van der Waals surface area contributed by atoms with E-state index in [9.17, 15) is 4.79 Å². The summed E-state index contributed by atoms with van der Waals surface area (Å²) in [6, 6.07) is 3.10. The summed E-state index contributed by atoms with van der Waals surface area (Å²) < 4.78 is 9.28. The van der Waals surface area contributed by atoms with E-state index in [-0.39, 0.29) is 5.63 Å². The smallest absolute Gasteiger partial charge is 0.357 e. The molecule has 0 spiro atoms. The highest BCUT2D eigenvalue weighted by molar-refractivity contribution is 5.55. The predicted molar refractivity (Wildman–Crippen MR) is 37.0 cm³/mol. The molecule has 2 rings (SSSR count). The second kappa shape index (κ2) is 2.16. The lowest BCUT2D eigenvalue weighted by molar-refractivity contribution is 0.393. The van der Waals surface area contributed by atoms with E-state index in [1.54, 1.807) is 6.07 Å². The topological polar surface area (TPSA) is 59.1 Å². The van der Waals surface area contributed by atoms with Gasteiger partial charge in [-0.3, -0.25) is 0 Å². The van der Waals surface area contributed by atoms with E-state index in [0.717, 1.165) is 5.56 Å². The molecule has 0 fully saturated rings. The Labute approximate surface area is 61.4 Å². The first kappa shape index (κ1) is 6.03. The molecule has 11 heavy (non-hydrogen) atoms. The zero-order valence-electron chi connectivity index (χ0n) is 5.53. The number of hydrogen-bond acceptors (Lipinski definition) is 3. The van der Waals surface area contributed by atoms with Crippen molar-refractivity contribution < 1.29 is 8.94 Å². The van der Waals surface area contributed by atoms with E-state index in [1.165, 1.54) is 18.6 Å². The van der Waals surface area contributed by atoms with Crippen LogP contribution in [0.2, 0.25) is 0 Å². The molecule has 0 bridgehead atoms. The molecule has 4 nitrogen and oxygen atoms in total. The van der Waals surface area contributed by atoms with Gasteiger partial charge in [0.1, 0.15) is 0 Å². The van der Waals surface area contributed by atoms with E-state index >= 15 is 0 Å². The second-order valence-electron chi connectivity index (χ2n) is 2.09. The van der Waals surface area contributed by atoms with Crippen molar-refractivity contribution in [2.24, 2.45) is 0 Å². The maximum absolute atomic E-state index is 10.6. The number of H-pyrrole nitrogens is 1. The molecule has 0 aliphatic rings. The van der Waals surface area contributed by atoms with E-state index in [2.05, 4.69) is 9.68 Å². The van der Waals surface area contributed by atoms with Gasteiger partial charge < -0.3 is 8.94 Å². The van der Waals surface area contributed by atoms with E-state index in [0.29, 0.717) is 5.69 Å². The number of rotatable bonds is 1. The predicted octanol–water partition coefficient (Wildman–Crippen LogP) is 1.23. The zero-order valence-corrected chi connectivity index (χ0v) is 5.53. The summed E-state index contributed by atoms with van der Waals surface area (Å²) >= 11 is 0. The van der Waals surface area contributed by atoms with E-state index in [1.807, 2.05) is 0 Å². The molecule has 4 heteroatoms. The van der Waals surface area contributed by atoms with Gasteiger partial charge in [-0.05, 0) is 6.07 Å². The maximum atomic E-state index is 10.6. The molecule has 0 aliphatic carbocycles. The fourth-order valence-electron chi connectivity index (χ4n) is 0.842. The van der Waals surface area contributed by atoms with Gasteiger partial charge in [0.25, 0.3) is 0 Å². The Morgan fingerprint density at radius 1 is 1.45 bits per heavy atom. The van der Waals surface area contributed by atoms with Crippen LogP contribution in [0.15, 0.2) is 38.4 Å². The fraction of sp³-hybridized carbons (Fsp3) is 0. The number of aromatic nitrogens is 1. The minimum atomic E-state index is -0.388. The quantitative estimate of drug-likeness (QED) is 0.666. The summed E-state index contributed by atoms with van der Waals surface area (Å²) in [6.07, 6.45) is 3.06. The molecular formula is C7H5NO3. The van der Waals surface area contributed by atoms with Crippen molar-refractivity contribution in [3.63, 3.8) is 0 Å². The summed E-state index contributed by atoms with van der Waals surface area (Å²) in [4.78, 5) is 10.6. The minimum absolute atomic E-state index is 0.388. The summed E-state index contributed by atoms with van der Waals surface area (Å²) in [5, 5.41) is 2.46. The summed E-state index contributed by atoms with van der Waals surface area (Å²) in [5.41, 5.74) is 1.04. The van der Waals surface area contributed by atoms with Crippen LogP contribution in [0.5, 0.6) is 0 Å². The van der Waals surface area contributed by atoms with Crippen LogP contribution in [0.1, 0.15) is 0 Å². The third kappa shape index (κ3) is 0.980. The van der Waals surface area contributed by atoms with Crippen LogP contribution >= 0.6 is 0 Å². The molecule has 0 amide bonds. The molecule has 2 aromatic heterocycles. The molecular weight excluding hydrogens is 146 g/mol. The van der Waals surface area contributed by atoms with Crippen LogP contribution in [0.4, 0.5) is 0 Å². The summed E-state index contributed by atoms with van der Waals surface area (Å²) in [6.45, 7) is 0. The standard InChI is InChI=1S/C7H5NO3/c9-7-3-6(8-11-7)5-1-2-10-4-5/h1-4,8H. The highest BCUT2D eigenvalue weighted by Crippen LogP contribution is 2.14. The Kier molecular flexibility index (Phi) is 1.18. The van der Waals surface area contributed by atoms with Crippen LogP contribution in [0.3, 0.4) is 0 Å². The Balaban J connectivity index is 2.53. The van der Waals surface area contributed by atoms with Gasteiger partial charge in [-0.1, -0.05) is 0 Å². The molecule has 0 aromatic carbocycles. The van der Waals surface area contributed by atoms with Gasteiger partial charge in [-0.2, -0.15) is 0 Å². The van der Waals surface area contributed by atoms with Gasteiger partial charge in [-0.15, -0.1) is 0 Å². The number of furan rings is 1. The molecule has 0 radical (unpaired) electrons. The van der Waals surface area contributed by atoms with Gasteiger partial charge in [0.2, 0.25) is 0 Å². The number of nitrogens with one attached hydrogen (secondary N) is 1. The third-order valence-electron chi connectivity index (χ3n) is 1.36.